The van der Waals surface area contributed by atoms with E-state index in [0.717, 1.165) is 11.1 Å². The van der Waals surface area contributed by atoms with E-state index >= 15 is 0 Å². The zero-order chi connectivity index (χ0) is 13.3. The highest BCUT2D eigenvalue weighted by molar-refractivity contribution is 5.79. The van der Waals surface area contributed by atoms with E-state index in [1.165, 1.54) is 12.1 Å². The predicted octanol–water partition coefficient (Wildman–Crippen LogP) is 3.59. The number of aromatic hydroxyl groups is 3. The van der Waals surface area contributed by atoms with E-state index in [9.17, 15) is 15.3 Å². The van der Waals surface area contributed by atoms with Gasteiger partial charge in [0.25, 0.3) is 0 Å². The molecule has 0 aromatic heterocycles. The summed E-state index contributed by atoms with van der Waals surface area (Å²) in [5.74, 6) is -0.134. The summed E-state index contributed by atoms with van der Waals surface area (Å²) in [6.07, 6.45) is 0. The number of phenolic OH excluding ortho intramolecular Hbond substituents is 3. The predicted molar refractivity (Wildman–Crippen MR) is 71.0 cm³/mol. The highest BCUT2D eigenvalue weighted by Gasteiger charge is 2.16. The Morgan fingerprint density at radius 2 is 1.44 bits per heavy atom. The Morgan fingerprint density at radius 3 is 2.00 bits per heavy atom. The molecule has 0 bridgehead atoms. The van der Waals surface area contributed by atoms with Crippen LogP contribution in [0.5, 0.6) is 17.2 Å². The first kappa shape index (κ1) is 12.3. The first-order valence-corrected chi connectivity index (χ1v) is 5.85. The summed E-state index contributed by atoms with van der Waals surface area (Å²) in [5.41, 5.74) is 2.17. The lowest BCUT2D eigenvalue weighted by molar-refractivity contribution is 0.430. The van der Waals surface area contributed by atoms with E-state index in [1.807, 2.05) is 38.1 Å². The Bertz CT molecular complexity index is 551. The minimum absolute atomic E-state index is 0.124. The molecular formula is C15H16O3. The highest BCUT2D eigenvalue weighted by atomic mass is 16.3. The second-order valence-electron chi connectivity index (χ2n) is 4.60. The number of hydrogen-bond acceptors (Lipinski definition) is 3. The lowest BCUT2D eigenvalue weighted by Gasteiger charge is -2.15. The van der Waals surface area contributed by atoms with Gasteiger partial charge in [0.2, 0.25) is 0 Å². The lowest BCUT2D eigenvalue weighted by Crippen LogP contribution is -1.92. The third-order valence-electron chi connectivity index (χ3n) is 2.93. The standard InChI is InChI=1S/C15H16O3/c1-9(2)11-5-3-4-6-12(11)15-13(17)7-10(16)8-14(15)18/h3-9,16-18H,1-2H3. The molecule has 0 heterocycles. The van der Waals surface area contributed by atoms with E-state index in [4.69, 9.17) is 0 Å². The molecule has 94 valence electrons. The molecular weight excluding hydrogens is 228 g/mol. The topological polar surface area (TPSA) is 60.7 Å². The van der Waals surface area contributed by atoms with Crippen LogP contribution in [0.3, 0.4) is 0 Å². The van der Waals surface area contributed by atoms with Crippen LogP contribution in [0.4, 0.5) is 0 Å². The van der Waals surface area contributed by atoms with Gasteiger partial charge >= 0.3 is 0 Å². The zero-order valence-corrected chi connectivity index (χ0v) is 10.4. The van der Waals surface area contributed by atoms with Crippen LogP contribution in [0.15, 0.2) is 36.4 Å². The van der Waals surface area contributed by atoms with Crippen LogP contribution < -0.4 is 0 Å². The van der Waals surface area contributed by atoms with Gasteiger partial charge in [-0.1, -0.05) is 38.1 Å². The average molecular weight is 244 g/mol. The maximum absolute atomic E-state index is 9.91. The molecule has 0 saturated carbocycles. The van der Waals surface area contributed by atoms with Crippen molar-refractivity contribution in [2.45, 2.75) is 19.8 Å². The molecule has 0 amide bonds. The van der Waals surface area contributed by atoms with Gasteiger partial charge in [0.05, 0.1) is 5.56 Å². The van der Waals surface area contributed by atoms with Gasteiger partial charge in [0, 0.05) is 12.1 Å². The first-order chi connectivity index (χ1) is 8.50. The van der Waals surface area contributed by atoms with Crippen LogP contribution in [-0.4, -0.2) is 15.3 Å². The summed E-state index contributed by atoms with van der Waals surface area (Å²) >= 11 is 0. The Morgan fingerprint density at radius 1 is 0.889 bits per heavy atom. The maximum atomic E-state index is 9.91. The molecule has 0 spiro atoms. The third-order valence-corrected chi connectivity index (χ3v) is 2.93. The fraction of sp³-hybridized carbons (Fsp3) is 0.200. The van der Waals surface area contributed by atoms with Crippen molar-refractivity contribution in [3.8, 4) is 28.4 Å². The molecule has 2 aromatic rings. The van der Waals surface area contributed by atoms with Crippen LogP contribution in [0, 0.1) is 0 Å². The number of hydrogen-bond donors (Lipinski definition) is 3. The molecule has 0 atom stereocenters. The summed E-state index contributed by atoms with van der Waals surface area (Å²) in [6.45, 7) is 4.10. The second-order valence-corrected chi connectivity index (χ2v) is 4.60. The van der Waals surface area contributed by atoms with E-state index in [2.05, 4.69) is 0 Å². The number of phenols is 3. The molecule has 0 aliphatic heterocycles. The highest BCUT2D eigenvalue weighted by Crippen LogP contribution is 2.42. The summed E-state index contributed by atoms with van der Waals surface area (Å²) in [5, 5.41) is 29.1. The molecule has 0 aliphatic rings. The van der Waals surface area contributed by atoms with Gasteiger partial charge in [-0.25, -0.2) is 0 Å². The lowest BCUT2D eigenvalue weighted by atomic mass is 9.91. The number of rotatable bonds is 2. The second kappa shape index (κ2) is 4.61. The molecule has 2 aromatic carbocycles. The Hall–Kier alpha value is -2.16. The number of benzene rings is 2. The van der Waals surface area contributed by atoms with Crippen molar-refractivity contribution in [2.24, 2.45) is 0 Å². The van der Waals surface area contributed by atoms with Crippen LogP contribution in [0.2, 0.25) is 0 Å². The minimum atomic E-state index is -0.157. The molecule has 3 nitrogen and oxygen atoms in total. The van der Waals surface area contributed by atoms with Gasteiger partial charge < -0.3 is 15.3 Å². The SMILES string of the molecule is CC(C)c1ccccc1-c1c(O)cc(O)cc1O. The van der Waals surface area contributed by atoms with Crippen LogP contribution in [-0.2, 0) is 0 Å². The normalized spacial score (nSPS) is 10.8. The molecule has 18 heavy (non-hydrogen) atoms. The van der Waals surface area contributed by atoms with Gasteiger partial charge in [0.1, 0.15) is 17.2 Å². The van der Waals surface area contributed by atoms with E-state index < -0.39 is 0 Å². The van der Waals surface area contributed by atoms with Crippen molar-refractivity contribution >= 4 is 0 Å². The maximum Gasteiger partial charge on any atom is 0.130 e. The van der Waals surface area contributed by atoms with Crippen molar-refractivity contribution in [3.63, 3.8) is 0 Å². The molecule has 3 heteroatoms. The van der Waals surface area contributed by atoms with Crippen molar-refractivity contribution in [1.29, 1.82) is 0 Å². The molecule has 0 aliphatic carbocycles. The van der Waals surface area contributed by atoms with Gasteiger partial charge in [0.15, 0.2) is 0 Å². The van der Waals surface area contributed by atoms with Gasteiger partial charge in [-0.3, -0.25) is 0 Å². The van der Waals surface area contributed by atoms with Crippen LogP contribution in [0.25, 0.3) is 11.1 Å². The quantitative estimate of drug-likeness (QED) is 0.756. The minimum Gasteiger partial charge on any atom is -0.508 e. The molecule has 0 unspecified atom stereocenters. The van der Waals surface area contributed by atoms with Crippen molar-refractivity contribution in [3.05, 3.63) is 42.0 Å². The Kier molecular flexibility index (Phi) is 3.15. The monoisotopic (exact) mass is 244 g/mol. The van der Waals surface area contributed by atoms with Gasteiger partial charge in [-0.05, 0) is 17.0 Å². The summed E-state index contributed by atoms with van der Waals surface area (Å²) in [7, 11) is 0. The molecule has 3 N–H and O–H groups in total. The smallest absolute Gasteiger partial charge is 0.130 e. The average Bonchev–Trinajstić information content (AvgIpc) is 2.28. The van der Waals surface area contributed by atoms with Crippen LogP contribution >= 0.6 is 0 Å². The first-order valence-electron chi connectivity index (χ1n) is 5.85. The van der Waals surface area contributed by atoms with Crippen molar-refractivity contribution in [2.75, 3.05) is 0 Å². The third kappa shape index (κ3) is 2.12. The fourth-order valence-electron chi connectivity index (χ4n) is 2.10. The van der Waals surface area contributed by atoms with E-state index in [0.29, 0.717) is 5.56 Å². The largest absolute Gasteiger partial charge is 0.508 e. The molecule has 0 fully saturated rings. The van der Waals surface area contributed by atoms with E-state index in [-0.39, 0.29) is 23.2 Å². The van der Waals surface area contributed by atoms with Crippen LogP contribution in [0.1, 0.15) is 25.3 Å². The summed E-state index contributed by atoms with van der Waals surface area (Å²) in [4.78, 5) is 0. The zero-order valence-electron chi connectivity index (χ0n) is 10.4. The molecule has 2 rings (SSSR count). The Labute approximate surface area is 106 Å². The summed E-state index contributed by atoms with van der Waals surface area (Å²) in [6, 6.07) is 10.0. The van der Waals surface area contributed by atoms with Crippen molar-refractivity contribution < 1.29 is 15.3 Å². The Balaban J connectivity index is 2.70. The summed E-state index contributed by atoms with van der Waals surface area (Å²) < 4.78 is 0. The van der Waals surface area contributed by atoms with Crippen molar-refractivity contribution in [1.82, 2.24) is 0 Å². The van der Waals surface area contributed by atoms with Gasteiger partial charge in [-0.2, -0.15) is 0 Å². The molecule has 0 radical (unpaired) electrons. The van der Waals surface area contributed by atoms with E-state index in [1.54, 1.807) is 0 Å². The fourth-order valence-corrected chi connectivity index (χ4v) is 2.10. The molecule has 0 saturated heterocycles. The van der Waals surface area contributed by atoms with Gasteiger partial charge in [-0.15, -0.1) is 0 Å².